The highest BCUT2D eigenvalue weighted by atomic mass is 35.5. The second kappa shape index (κ2) is 6.44. The van der Waals surface area contributed by atoms with E-state index < -0.39 is 0 Å². The summed E-state index contributed by atoms with van der Waals surface area (Å²) in [6, 6.07) is 4.45. The summed E-state index contributed by atoms with van der Waals surface area (Å²) in [7, 11) is 1.94. The number of aryl methyl sites for hydroxylation is 1. The van der Waals surface area contributed by atoms with Crippen LogP contribution in [0.25, 0.3) is 0 Å². The zero-order valence-electron chi connectivity index (χ0n) is 11.0. The van der Waals surface area contributed by atoms with Gasteiger partial charge in [-0.3, -0.25) is 9.36 Å². The van der Waals surface area contributed by atoms with Gasteiger partial charge in [0.2, 0.25) is 0 Å². The van der Waals surface area contributed by atoms with E-state index in [4.69, 9.17) is 0 Å². The van der Waals surface area contributed by atoms with E-state index in [0.717, 1.165) is 24.5 Å². The van der Waals surface area contributed by atoms with Gasteiger partial charge in [0, 0.05) is 31.5 Å². The summed E-state index contributed by atoms with van der Waals surface area (Å²) in [5, 5.41) is 11.9. The molecular formula is C12H20ClN5. The van der Waals surface area contributed by atoms with E-state index in [1.54, 1.807) is 6.20 Å². The summed E-state index contributed by atoms with van der Waals surface area (Å²) in [4.78, 5) is 0. The van der Waals surface area contributed by atoms with Gasteiger partial charge in [-0.1, -0.05) is 6.92 Å². The fraction of sp³-hybridized carbons (Fsp3) is 0.500. The maximum atomic E-state index is 4.49. The molecule has 0 aliphatic rings. The van der Waals surface area contributed by atoms with Crippen molar-refractivity contribution in [3.63, 3.8) is 0 Å². The Hall–Kier alpha value is -1.49. The SMILES string of the molecule is CCC(C)n1ccc(NCc2ccnn2C)n1.Cl. The molecular weight excluding hydrogens is 250 g/mol. The number of nitrogens with one attached hydrogen (secondary N) is 1. The maximum absolute atomic E-state index is 4.49. The molecule has 2 aromatic heterocycles. The standard InChI is InChI=1S/C12H19N5.ClH/c1-4-10(2)17-8-6-12(15-17)13-9-11-5-7-14-16(11)3;/h5-8,10H,4,9H2,1-3H3,(H,13,15);1H. The average molecular weight is 270 g/mol. The molecule has 0 saturated carbocycles. The quantitative estimate of drug-likeness (QED) is 0.908. The van der Waals surface area contributed by atoms with Gasteiger partial charge in [0.25, 0.3) is 0 Å². The number of hydrogen-bond donors (Lipinski definition) is 1. The van der Waals surface area contributed by atoms with Crippen LogP contribution < -0.4 is 5.32 Å². The minimum Gasteiger partial charge on any atom is -0.363 e. The first kappa shape index (κ1) is 14.6. The van der Waals surface area contributed by atoms with Crippen LogP contribution in [-0.4, -0.2) is 19.6 Å². The smallest absolute Gasteiger partial charge is 0.148 e. The monoisotopic (exact) mass is 269 g/mol. The second-order valence-corrected chi connectivity index (χ2v) is 4.24. The molecule has 0 fully saturated rings. The molecule has 0 spiro atoms. The minimum absolute atomic E-state index is 0. The van der Waals surface area contributed by atoms with Crippen molar-refractivity contribution in [1.29, 1.82) is 0 Å². The van der Waals surface area contributed by atoms with E-state index in [-0.39, 0.29) is 12.4 Å². The molecule has 0 aliphatic carbocycles. The molecule has 2 rings (SSSR count). The summed E-state index contributed by atoms with van der Waals surface area (Å²) in [5.74, 6) is 0.909. The predicted octanol–water partition coefficient (Wildman–Crippen LogP) is 2.62. The van der Waals surface area contributed by atoms with Crippen LogP contribution in [0.4, 0.5) is 5.82 Å². The first-order chi connectivity index (χ1) is 8.20. The van der Waals surface area contributed by atoms with E-state index in [0.29, 0.717) is 6.04 Å². The van der Waals surface area contributed by atoms with Gasteiger partial charge < -0.3 is 5.32 Å². The molecule has 0 aromatic carbocycles. The summed E-state index contributed by atoms with van der Waals surface area (Å²) >= 11 is 0. The van der Waals surface area contributed by atoms with Crippen LogP contribution in [0.15, 0.2) is 24.5 Å². The second-order valence-electron chi connectivity index (χ2n) is 4.24. The predicted molar refractivity (Wildman–Crippen MR) is 75.0 cm³/mol. The van der Waals surface area contributed by atoms with Crippen molar-refractivity contribution in [1.82, 2.24) is 19.6 Å². The minimum atomic E-state index is 0. The fourth-order valence-corrected chi connectivity index (χ4v) is 1.62. The molecule has 2 aromatic rings. The number of halogens is 1. The Morgan fingerprint density at radius 1 is 1.39 bits per heavy atom. The maximum Gasteiger partial charge on any atom is 0.148 e. The van der Waals surface area contributed by atoms with Crippen molar-refractivity contribution in [3.05, 3.63) is 30.2 Å². The van der Waals surface area contributed by atoms with Gasteiger partial charge in [0.1, 0.15) is 5.82 Å². The molecule has 6 heteroatoms. The summed E-state index contributed by atoms with van der Waals surface area (Å²) in [6.07, 6.45) is 4.90. The number of hydrogen-bond acceptors (Lipinski definition) is 3. The van der Waals surface area contributed by atoms with Crippen molar-refractivity contribution in [2.24, 2.45) is 7.05 Å². The van der Waals surface area contributed by atoms with E-state index in [1.807, 2.05) is 34.7 Å². The Balaban J connectivity index is 0.00000162. The average Bonchev–Trinajstić information content (AvgIpc) is 2.94. The number of anilines is 1. The summed E-state index contributed by atoms with van der Waals surface area (Å²) < 4.78 is 3.85. The molecule has 100 valence electrons. The Morgan fingerprint density at radius 2 is 2.17 bits per heavy atom. The van der Waals surface area contributed by atoms with Crippen LogP contribution in [0, 0.1) is 0 Å². The normalized spacial score (nSPS) is 11.9. The summed E-state index contributed by atoms with van der Waals surface area (Å²) in [5.41, 5.74) is 1.14. The van der Waals surface area contributed by atoms with Crippen molar-refractivity contribution in [2.75, 3.05) is 5.32 Å². The van der Waals surface area contributed by atoms with Crippen molar-refractivity contribution in [3.8, 4) is 0 Å². The molecule has 2 heterocycles. The Morgan fingerprint density at radius 3 is 2.78 bits per heavy atom. The fourth-order valence-electron chi connectivity index (χ4n) is 1.62. The molecule has 1 N–H and O–H groups in total. The van der Waals surface area contributed by atoms with Gasteiger partial charge in [0.05, 0.1) is 12.2 Å². The number of aromatic nitrogens is 4. The van der Waals surface area contributed by atoms with Crippen LogP contribution in [0.5, 0.6) is 0 Å². The van der Waals surface area contributed by atoms with Crippen LogP contribution >= 0.6 is 12.4 Å². The van der Waals surface area contributed by atoms with Crippen molar-refractivity contribution >= 4 is 18.2 Å². The highest BCUT2D eigenvalue weighted by molar-refractivity contribution is 5.85. The van der Waals surface area contributed by atoms with E-state index in [2.05, 4.69) is 29.4 Å². The van der Waals surface area contributed by atoms with E-state index in [9.17, 15) is 0 Å². The lowest BCUT2D eigenvalue weighted by Crippen LogP contribution is -2.08. The molecule has 1 unspecified atom stereocenters. The Labute approximate surface area is 114 Å². The van der Waals surface area contributed by atoms with Gasteiger partial charge in [-0.15, -0.1) is 12.4 Å². The summed E-state index contributed by atoms with van der Waals surface area (Å²) in [6.45, 7) is 5.07. The lowest BCUT2D eigenvalue weighted by molar-refractivity contribution is 0.479. The van der Waals surface area contributed by atoms with Gasteiger partial charge in [0.15, 0.2) is 0 Å². The van der Waals surface area contributed by atoms with Crippen LogP contribution in [0.2, 0.25) is 0 Å². The van der Waals surface area contributed by atoms with Crippen molar-refractivity contribution < 1.29 is 0 Å². The first-order valence-corrected chi connectivity index (χ1v) is 5.96. The third kappa shape index (κ3) is 3.26. The lowest BCUT2D eigenvalue weighted by Gasteiger charge is -2.08. The molecule has 0 saturated heterocycles. The highest BCUT2D eigenvalue weighted by Crippen LogP contribution is 2.12. The Kier molecular flexibility index (Phi) is 5.22. The molecule has 0 bridgehead atoms. The van der Waals surface area contributed by atoms with Gasteiger partial charge >= 0.3 is 0 Å². The molecule has 0 aliphatic heterocycles. The molecule has 5 nitrogen and oxygen atoms in total. The van der Waals surface area contributed by atoms with Gasteiger partial charge in [-0.05, 0) is 19.4 Å². The molecule has 0 radical (unpaired) electrons. The number of rotatable bonds is 5. The molecule has 0 amide bonds. The third-order valence-electron chi connectivity index (χ3n) is 3.02. The third-order valence-corrected chi connectivity index (χ3v) is 3.02. The zero-order valence-corrected chi connectivity index (χ0v) is 11.8. The largest absolute Gasteiger partial charge is 0.363 e. The zero-order chi connectivity index (χ0) is 12.3. The number of nitrogens with zero attached hydrogens (tertiary/aromatic N) is 4. The topological polar surface area (TPSA) is 47.7 Å². The highest BCUT2D eigenvalue weighted by Gasteiger charge is 2.04. The van der Waals surface area contributed by atoms with E-state index >= 15 is 0 Å². The first-order valence-electron chi connectivity index (χ1n) is 5.96. The van der Waals surface area contributed by atoms with Gasteiger partial charge in [-0.2, -0.15) is 10.2 Å². The van der Waals surface area contributed by atoms with E-state index in [1.165, 1.54) is 0 Å². The lowest BCUT2D eigenvalue weighted by atomic mass is 10.3. The van der Waals surface area contributed by atoms with Crippen LogP contribution in [0.1, 0.15) is 32.0 Å². The molecule has 18 heavy (non-hydrogen) atoms. The van der Waals surface area contributed by atoms with Gasteiger partial charge in [-0.25, -0.2) is 0 Å². The van der Waals surface area contributed by atoms with Crippen LogP contribution in [-0.2, 0) is 13.6 Å². The van der Waals surface area contributed by atoms with Crippen LogP contribution in [0.3, 0.4) is 0 Å². The Bertz CT molecular complexity index is 476. The van der Waals surface area contributed by atoms with Crippen molar-refractivity contribution in [2.45, 2.75) is 32.9 Å². The molecule has 1 atom stereocenters.